The lowest BCUT2D eigenvalue weighted by atomic mass is 9.48. The van der Waals surface area contributed by atoms with Gasteiger partial charge in [0.05, 0.1) is 6.04 Å². The van der Waals surface area contributed by atoms with Crippen molar-refractivity contribution < 1.29 is 19.8 Å². The molecule has 2 aromatic rings. The number of carboxylic acids is 1. The molecule has 0 aromatic heterocycles. The lowest BCUT2D eigenvalue weighted by Crippen LogP contribution is -2.50. The fraction of sp³-hybridized carbons (Fsp3) is 0.471. The Kier molecular flexibility index (Phi) is 6.65. The summed E-state index contributed by atoms with van der Waals surface area (Å²) < 4.78 is 0. The van der Waals surface area contributed by atoms with Gasteiger partial charge in [-0.15, -0.1) is 0 Å². The van der Waals surface area contributed by atoms with Gasteiger partial charge in [-0.3, -0.25) is 4.79 Å². The minimum Gasteiger partial charge on any atom is -0.508 e. The highest BCUT2D eigenvalue weighted by Gasteiger charge is 2.57. The molecule has 5 nitrogen and oxygen atoms in total. The lowest BCUT2D eigenvalue weighted by molar-refractivity contribution is -0.133. The number of benzene rings is 2. The zero-order chi connectivity index (χ0) is 27.2. The fourth-order valence-electron chi connectivity index (χ4n) is 8.80. The monoisotopic (exact) mass is 525 g/mol. The second kappa shape index (κ2) is 10.0. The molecule has 1 unspecified atom stereocenters. The van der Waals surface area contributed by atoms with Crippen LogP contribution < -0.4 is 5.32 Å². The van der Waals surface area contributed by atoms with E-state index in [9.17, 15) is 19.8 Å². The third-order valence-corrected chi connectivity index (χ3v) is 10.7. The van der Waals surface area contributed by atoms with Gasteiger partial charge in [0.25, 0.3) is 0 Å². The molecule has 4 aliphatic rings. The highest BCUT2D eigenvalue weighted by atomic mass is 16.4. The summed E-state index contributed by atoms with van der Waals surface area (Å²) in [6.45, 7) is 2.36. The van der Waals surface area contributed by atoms with E-state index in [2.05, 4.69) is 18.3 Å². The number of carbonyl (C=O) groups excluding carboxylic acids is 1. The first-order valence-electron chi connectivity index (χ1n) is 14.6. The van der Waals surface area contributed by atoms with Crippen molar-refractivity contribution in [3.8, 4) is 5.75 Å². The van der Waals surface area contributed by atoms with Crippen LogP contribution in [0, 0.1) is 28.6 Å². The van der Waals surface area contributed by atoms with Gasteiger partial charge in [0.2, 0.25) is 5.91 Å². The van der Waals surface area contributed by atoms with Crippen LogP contribution in [0.3, 0.4) is 0 Å². The standard InChI is InChI=1S/C34H39NO4/c1-33-18-15-24(32(38)39)20-25(33)11-14-27-28(33)16-19-34(17-5-8-29(27)34)21-30(37)35-31(22-6-3-2-4-7-22)23-9-12-26(36)13-10-23/h2-4,6-7,9-13,20,27-29,31,36H,5,8,14-19,21H2,1H3,(H,35,37)(H,38,39)/t27-,28+,29+,31?,33+,34+/m1/s1. The number of aliphatic carboxylic acids is 1. The van der Waals surface area contributed by atoms with E-state index in [-0.39, 0.29) is 28.5 Å². The molecule has 2 fully saturated rings. The van der Waals surface area contributed by atoms with Gasteiger partial charge in [-0.1, -0.05) is 61.9 Å². The Balaban J connectivity index is 1.23. The summed E-state index contributed by atoms with van der Waals surface area (Å²) in [4.78, 5) is 25.4. The van der Waals surface area contributed by atoms with Gasteiger partial charge in [0, 0.05) is 12.0 Å². The third kappa shape index (κ3) is 4.60. The van der Waals surface area contributed by atoms with E-state index in [0.717, 1.165) is 43.2 Å². The first kappa shape index (κ1) is 25.9. The van der Waals surface area contributed by atoms with E-state index in [1.165, 1.54) is 18.4 Å². The van der Waals surface area contributed by atoms with Gasteiger partial charge < -0.3 is 15.5 Å². The van der Waals surface area contributed by atoms with Crippen molar-refractivity contribution in [3.63, 3.8) is 0 Å². The van der Waals surface area contributed by atoms with Crippen LogP contribution in [-0.2, 0) is 9.59 Å². The van der Waals surface area contributed by atoms with Crippen molar-refractivity contribution in [2.75, 3.05) is 0 Å². The average molecular weight is 526 g/mol. The molecule has 0 radical (unpaired) electrons. The summed E-state index contributed by atoms with van der Waals surface area (Å²) in [6.07, 6.45) is 13.0. The lowest BCUT2D eigenvalue weighted by Gasteiger charge is -2.56. The van der Waals surface area contributed by atoms with E-state index in [4.69, 9.17) is 0 Å². The van der Waals surface area contributed by atoms with Gasteiger partial charge >= 0.3 is 5.97 Å². The zero-order valence-corrected chi connectivity index (χ0v) is 22.7. The van der Waals surface area contributed by atoms with Gasteiger partial charge in [-0.2, -0.15) is 0 Å². The number of hydrogen-bond acceptors (Lipinski definition) is 3. The first-order valence-corrected chi connectivity index (χ1v) is 14.6. The minimum atomic E-state index is -0.786. The van der Waals surface area contributed by atoms with Crippen molar-refractivity contribution in [3.05, 3.63) is 89.0 Å². The third-order valence-electron chi connectivity index (χ3n) is 10.7. The zero-order valence-electron chi connectivity index (χ0n) is 22.7. The normalized spacial score (nSPS) is 32.1. The summed E-state index contributed by atoms with van der Waals surface area (Å²) in [5.41, 5.74) is 3.85. The first-order chi connectivity index (χ1) is 18.8. The largest absolute Gasteiger partial charge is 0.508 e. The number of amides is 1. The van der Waals surface area contributed by atoms with E-state index < -0.39 is 5.97 Å². The molecule has 6 atom stereocenters. The minimum absolute atomic E-state index is 0.0378. The maximum absolute atomic E-state index is 13.8. The van der Waals surface area contributed by atoms with Crippen LogP contribution in [0.1, 0.15) is 81.9 Å². The predicted molar refractivity (Wildman–Crippen MR) is 151 cm³/mol. The Hall–Kier alpha value is -3.34. The smallest absolute Gasteiger partial charge is 0.331 e. The van der Waals surface area contributed by atoms with Gasteiger partial charge in [-0.05, 0) is 108 Å². The summed E-state index contributed by atoms with van der Waals surface area (Å²) >= 11 is 0. The van der Waals surface area contributed by atoms with Crippen LogP contribution in [0.2, 0.25) is 0 Å². The Morgan fingerprint density at radius 2 is 1.72 bits per heavy atom. The molecule has 39 heavy (non-hydrogen) atoms. The highest BCUT2D eigenvalue weighted by molar-refractivity contribution is 5.87. The molecule has 3 N–H and O–H groups in total. The number of nitrogens with one attached hydrogen (secondary N) is 1. The van der Waals surface area contributed by atoms with Crippen LogP contribution in [0.4, 0.5) is 0 Å². The number of hydrogen-bond donors (Lipinski definition) is 3. The molecule has 204 valence electrons. The topological polar surface area (TPSA) is 86.6 Å². The van der Waals surface area contributed by atoms with E-state index in [0.29, 0.717) is 36.2 Å². The predicted octanol–water partition coefficient (Wildman–Crippen LogP) is 6.94. The highest BCUT2D eigenvalue weighted by Crippen LogP contribution is 2.65. The molecule has 0 bridgehead atoms. The average Bonchev–Trinajstić information content (AvgIpc) is 3.36. The summed E-state index contributed by atoms with van der Waals surface area (Å²) in [5, 5.41) is 22.7. The van der Waals surface area contributed by atoms with Crippen molar-refractivity contribution >= 4 is 11.9 Å². The van der Waals surface area contributed by atoms with Crippen molar-refractivity contribution in [2.45, 2.75) is 70.8 Å². The van der Waals surface area contributed by atoms with Crippen LogP contribution in [0.15, 0.2) is 77.9 Å². The van der Waals surface area contributed by atoms with Crippen molar-refractivity contribution in [2.24, 2.45) is 28.6 Å². The quantitative estimate of drug-likeness (QED) is 0.381. The van der Waals surface area contributed by atoms with Gasteiger partial charge in [0.1, 0.15) is 5.75 Å². The molecule has 0 spiro atoms. The van der Waals surface area contributed by atoms with E-state index >= 15 is 0 Å². The Morgan fingerprint density at radius 1 is 0.974 bits per heavy atom. The molecular weight excluding hydrogens is 486 g/mol. The maximum atomic E-state index is 13.8. The van der Waals surface area contributed by atoms with Crippen molar-refractivity contribution in [1.29, 1.82) is 0 Å². The van der Waals surface area contributed by atoms with Gasteiger partial charge in [-0.25, -0.2) is 4.79 Å². The van der Waals surface area contributed by atoms with Crippen LogP contribution in [0.5, 0.6) is 5.75 Å². The van der Waals surface area contributed by atoms with Crippen LogP contribution in [0.25, 0.3) is 0 Å². The Bertz CT molecular complexity index is 1310. The second-order valence-corrected chi connectivity index (χ2v) is 12.6. The number of fused-ring (bicyclic) bond motifs is 5. The molecule has 2 aromatic carbocycles. The van der Waals surface area contributed by atoms with E-state index in [1.54, 1.807) is 12.1 Å². The Labute approximate surface area is 231 Å². The van der Waals surface area contributed by atoms with Gasteiger partial charge in [0.15, 0.2) is 0 Å². The molecule has 6 rings (SSSR count). The van der Waals surface area contributed by atoms with Crippen LogP contribution >= 0.6 is 0 Å². The SMILES string of the molecule is C[C@]12CCC(C(=O)O)=CC1=CC[C@H]1[C@@H]3CCC[C@@]3(CC(=O)NC(c3ccccc3)c3ccc(O)cc3)CC[C@@H]12. The maximum Gasteiger partial charge on any atom is 0.331 e. The van der Waals surface area contributed by atoms with E-state index in [1.807, 2.05) is 48.5 Å². The number of aromatic hydroxyl groups is 1. The number of allylic oxidation sites excluding steroid dienone is 3. The fourth-order valence-corrected chi connectivity index (χ4v) is 8.80. The summed E-state index contributed by atoms with van der Waals surface area (Å²) in [6, 6.07) is 16.9. The molecular formula is C34H39NO4. The molecule has 2 saturated carbocycles. The number of carboxylic acid groups (broad SMARTS) is 1. The molecule has 4 aliphatic carbocycles. The summed E-state index contributed by atoms with van der Waals surface area (Å²) in [5.74, 6) is 1.18. The molecule has 5 heteroatoms. The molecule has 0 heterocycles. The number of phenols is 1. The van der Waals surface area contributed by atoms with Crippen molar-refractivity contribution in [1.82, 2.24) is 5.32 Å². The number of phenolic OH excluding ortho intramolecular Hbond substituents is 1. The molecule has 0 aliphatic heterocycles. The van der Waals surface area contributed by atoms with Crippen LogP contribution in [-0.4, -0.2) is 22.1 Å². The number of carbonyl (C=O) groups is 2. The molecule has 0 saturated heterocycles. The number of rotatable bonds is 6. The molecule has 1 amide bonds. The summed E-state index contributed by atoms with van der Waals surface area (Å²) in [7, 11) is 0. The Morgan fingerprint density at radius 3 is 2.46 bits per heavy atom. The second-order valence-electron chi connectivity index (χ2n) is 12.6.